The Morgan fingerprint density at radius 3 is 2.76 bits per heavy atom. The number of aromatic nitrogens is 3. The van der Waals surface area contributed by atoms with E-state index in [0.29, 0.717) is 6.42 Å². The second-order valence-corrected chi connectivity index (χ2v) is 6.09. The average Bonchev–Trinajstić information content (AvgIpc) is 3.06. The van der Waals surface area contributed by atoms with Crippen molar-refractivity contribution >= 4 is 22.3 Å². The number of hydrogen-bond acceptors (Lipinski definition) is 3. The molecular weight excluding hydrogens is 312 g/mol. The second kappa shape index (κ2) is 6.36. The van der Waals surface area contributed by atoms with Crippen LogP contribution in [0.3, 0.4) is 0 Å². The Bertz CT molecular complexity index is 1050. The molecule has 0 aliphatic rings. The van der Waals surface area contributed by atoms with Crippen LogP contribution >= 0.6 is 0 Å². The fraction of sp³-hybridized carbons (Fsp3) is 0.150. The lowest BCUT2D eigenvalue weighted by molar-refractivity contribution is -0.121. The van der Waals surface area contributed by atoms with Crippen molar-refractivity contribution in [1.82, 2.24) is 19.9 Å². The van der Waals surface area contributed by atoms with Gasteiger partial charge in [-0.1, -0.05) is 48.5 Å². The molecule has 0 saturated heterocycles. The summed E-state index contributed by atoms with van der Waals surface area (Å²) < 4.78 is 1.89. The summed E-state index contributed by atoms with van der Waals surface area (Å²) in [6.07, 6.45) is 2.24. The van der Waals surface area contributed by atoms with Crippen molar-refractivity contribution in [2.45, 2.75) is 19.4 Å². The molecule has 1 amide bonds. The van der Waals surface area contributed by atoms with E-state index in [0.717, 1.165) is 27.8 Å². The van der Waals surface area contributed by atoms with Crippen LogP contribution in [0.15, 0.2) is 66.9 Å². The van der Waals surface area contributed by atoms with Crippen molar-refractivity contribution in [2.75, 3.05) is 0 Å². The monoisotopic (exact) mass is 330 g/mol. The molecule has 5 nitrogen and oxygen atoms in total. The van der Waals surface area contributed by atoms with Crippen LogP contribution in [0.1, 0.15) is 24.4 Å². The average molecular weight is 330 g/mol. The first-order valence-electron chi connectivity index (χ1n) is 8.28. The molecule has 1 N–H and O–H groups in total. The molecule has 2 aromatic carbocycles. The van der Waals surface area contributed by atoms with Gasteiger partial charge in [-0.2, -0.15) is 0 Å². The van der Waals surface area contributed by atoms with Gasteiger partial charge < -0.3 is 5.32 Å². The lowest BCUT2D eigenvalue weighted by Crippen LogP contribution is -2.29. The molecule has 25 heavy (non-hydrogen) atoms. The minimum atomic E-state index is -0.222. The van der Waals surface area contributed by atoms with Crippen molar-refractivity contribution < 1.29 is 4.79 Å². The molecule has 0 aliphatic carbocycles. The van der Waals surface area contributed by atoms with Crippen molar-refractivity contribution in [3.05, 3.63) is 78.2 Å². The number of rotatable bonds is 4. The van der Waals surface area contributed by atoms with E-state index < -0.39 is 0 Å². The molecule has 0 fully saturated rings. The van der Waals surface area contributed by atoms with Crippen LogP contribution in [-0.2, 0) is 11.2 Å². The summed E-state index contributed by atoms with van der Waals surface area (Å²) in [6, 6.07) is 19.7. The third-order valence-corrected chi connectivity index (χ3v) is 4.34. The Morgan fingerprint density at radius 2 is 1.84 bits per heavy atom. The van der Waals surface area contributed by atoms with E-state index in [4.69, 9.17) is 0 Å². The minimum Gasteiger partial charge on any atom is -0.346 e. The highest BCUT2D eigenvalue weighted by Gasteiger charge is 2.16. The van der Waals surface area contributed by atoms with Gasteiger partial charge in [-0.25, -0.2) is 0 Å². The molecule has 124 valence electrons. The first-order valence-corrected chi connectivity index (χ1v) is 8.28. The van der Waals surface area contributed by atoms with Crippen LogP contribution in [-0.4, -0.2) is 20.5 Å². The molecule has 0 saturated carbocycles. The van der Waals surface area contributed by atoms with Gasteiger partial charge in [-0.3, -0.25) is 9.20 Å². The number of carbonyl (C=O) groups is 1. The first-order chi connectivity index (χ1) is 12.2. The summed E-state index contributed by atoms with van der Waals surface area (Å²) in [4.78, 5) is 12.5. The van der Waals surface area contributed by atoms with Crippen LogP contribution in [0.4, 0.5) is 0 Å². The third kappa shape index (κ3) is 2.96. The maximum absolute atomic E-state index is 12.5. The summed E-state index contributed by atoms with van der Waals surface area (Å²) in [5, 5.41) is 13.6. The maximum atomic E-state index is 12.5. The number of pyridine rings is 1. The highest BCUT2D eigenvalue weighted by molar-refractivity contribution is 5.90. The van der Waals surface area contributed by atoms with Gasteiger partial charge in [0.25, 0.3) is 0 Å². The number of nitrogens with one attached hydrogen (secondary N) is 1. The molecule has 2 aromatic heterocycles. The Morgan fingerprint density at radius 1 is 1.04 bits per heavy atom. The van der Waals surface area contributed by atoms with Gasteiger partial charge in [0.05, 0.1) is 12.5 Å². The predicted octanol–water partition coefficient (Wildman–Crippen LogP) is 3.30. The maximum Gasteiger partial charge on any atom is 0.225 e. The van der Waals surface area contributed by atoms with Crippen LogP contribution in [0.5, 0.6) is 0 Å². The summed E-state index contributed by atoms with van der Waals surface area (Å²) in [6.45, 7) is 1.92. The lowest BCUT2D eigenvalue weighted by Gasteiger charge is -2.13. The molecule has 0 bridgehead atoms. The SMILES string of the molecule is CC(NC(=O)Cc1cccc2ccccc12)c1nnc2ccccn12. The summed E-state index contributed by atoms with van der Waals surface area (Å²) in [7, 11) is 0. The lowest BCUT2D eigenvalue weighted by atomic mass is 10.0. The van der Waals surface area contributed by atoms with E-state index in [2.05, 4.69) is 27.6 Å². The van der Waals surface area contributed by atoms with Gasteiger partial charge in [0, 0.05) is 6.20 Å². The quantitative estimate of drug-likeness (QED) is 0.624. The molecule has 0 radical (unpaired) electrons. The number of amides is 1. The van der Waals surface area contributed by atoms with Crippen LogP contribution in [0.25, 0.3) is 16.4 Å². The van der Waals surface area contributed by atoms with Gasteiger partial charge in [-0.05, 0) is 35.4 Å². The van der Waals surface area contributed by atoms with Gasteiger partial charge in [0.1, 0.15) is 0 Å². The molecule has 0 spiro atoms. The van der Waals surface area contributed by atoms with E-state index in [1.165, 1.54) is 0 Å². The van der Waals surface area contributed by atoms with Gasteiger partial charge in [0.15, 0.2) is 11.5 Å². The number of fused-ring (bicyclic) bond motifs is 2. The fourth-order valence-corrected chi connectivity index (χ4v) is 3.13. The molecular formula is C20H18N4O. The van der Waals surface area contributed by atoms with E-state index >= 15 is 0 Å². The van der Waals surface area contributed by atoms with E-state index in [9.17, 15) is 4.79 Å². The zero-order valence-corrected chi connectivity index (χ0v) is 13.9. The van der Waals surface area contributed by atoms with Gasteiger partial charge in [-0.15, -0.1) is 10.2 Å². The summed E-state index contributed by atoms with van der Waals surface area (Å²) in [5.41, 5.74) is 1.79. The molecule has 4 aromatic rings. The molecule has 2 heterocycles. The minimum absolute atomic E-state index is 0.0310. The van der Waals surface area contributed by atoms with E-state index in [1.807, 2.05) is 66.1 Å². The van der Waals surface area contributed by atoms with Crippen molar-refractivity contribution in [3.63, 3.8) is 0 Å². The highest BCUT2D eigenvalue weighted by atomic mass is 16.1. The summed E-state index contributed by atoms with van der Waals surface area (Å²) >= 11 is 0. The van der Waals surface area contributed by atoms with Crippen molar-refractivity contribution in [2.24, 2.45) is 0 Å². The molecule has 1 unspecified atom stereocenters. The highest BCUT2D eigenvalue weighted by Crippen LogP contribution is 2.19. The van der Waals surface area contributed by atoms with Crippen LogP contribution < -0.4 is 5.32 Å². The van der Waals surface area contributed by atoms with Gasteiger partial charge in [0.2, 0.25) is 5.91 Å². The van der Waals surface area contributed by atoms with Crippen LogP contribution in [0, 0.1) is 0 Å². The second-order valence-electron chi connectivity index (χ2n) is 6.09. The Balaban J connectivity index is 1.53. The summed E-state index contributed by atoms with van der Waals surface area (Å²) in [5.74, 6) is 0.693. The van der Waals surface area contributed by atoms with E-state index in [-0.39, 0.29) is 11.9 Å². The Labute approximate surface area is 145 Å². The van der Waals surface area contributed by atoms with Crippen molar-refractivity contribution in [1.29, 1.82) is 0 Å². The van der Waals surface area contributed by atoms with Crippen LogP contribution in [0.2, 0.25) is 0 Å². The molecule has 0 aliphatic heterocycles. The van der Waals surface area contributed by atoms with Crippen molar-refractivity contribution in [3.8, 4) is 0 Å². The smallest absolute Gasteiger partial charge is 0.225 e. The molecule has 4 rings (SSSR count). The third-order valence-electron chi connectivity index (χ3n) is 4.34. The Hall–Kier alpha value is -3.21. The van der Waals surface area contributed by atoms with E-state index in [1.54, 1.807) is 0 Å². The Kier molecular flexibility index (Phi) is 3.90. The largest absolute Gasteiger partial charge is 0.346 e. The molecule has 5 heteroatoms. The number of hydrogen-bond donors (Lipinski definition) is 1. The van der Waals surface area contributed by atoms with Gasteiger partial charge >= 0.3 is 0 Å². The number of benzene rings is 2. The normalized spacial score (nSPS) is 12.4. The fourth-order valence-electron chi connectivity index (χ4n) is 3.13. The molecule has 1 atom stereocenters. The zero-order valence-electron chi connectivity index (χ0n) is 13.9. The topological polar surface area (TPSA) is 59.3 Å². The zero-order chi connectivity index (χ0) is 17.2. The standard InChI is InChI=1S/C20H18N4O/c1-14(20-23-22-18-11-4-5-12-24(18)20)21-19(25)13-16-9-6-8-15-7-2-3-10-17(15)16/h2-12,14H,13H2,1H3,(H,21,25). The first kappa shape index (κ1) is 15.3. The number of carbonyl (C=O) groups excluding carboxylic acids is 1. The number of nitrogens with zero attached hydrogens (tertiary/aromatic N) is 3. The predicted molar refractivity (Wildman–Crippen MR) is 97.2 cm³/mol.